The summed E-state index contributed by atoms with van der Waals surface area (Å²) in [5.41, 5.74) is 5.27. The fourth-order valence-electron chi connectivity index (χ4n) is 1.74. The van der Waals surface area contributed by atoms with Gasteiger partial charge in [0.2, 0.25) is 0 Å². The molecule has 0 radical (unpaired) electrons. The van der Waals surface area contributed by atoms with E-state index in [0.29, 0.717) is 5.69 Å². The topological polar surface area (TPSA) is 73.6 Å². The molecular weight excluding hydrogens is 240 g/mol. The van der Waals surface area contributed by atoms with Gasteiger partial charge in [-0.25, -0.2) is 0 Å². The van der Waals surface area contributed by atoms with Crippen molar-refractivity contribution in [2.24, 2.45) is 0 Å². The number of aromatic amines is 1. The first-order chi connectivity index (χ1) is 9.11. The molecular formula is C14H14N4O. The van der Waals surface area contributed by atoms with Crippen molar-refractivity contribution in [2.75, 3.05) is 5.43 Å². The van der Waals surface area contributed by atoms with Crippen molar-refractivity contribution in [3.8, 4) is 6.07 Å². The number of hydrogen-bond acceptors (Lipinski definition) is 2. The molecule has 0 unspecified atom stereocenters. The molecule has 0 aliphatic heterocycles. The predicted molar refractivity (Wildman–Crippen MR) is 72.7 cm³/mol. The van der Waals surface area contributed by atoms with Gasteiger partial charge in [0, 0.05) is 23.3 Å². The van der Waals surface area contributed by atoms with Gasteiger partial charge in [0.1, 0.15) is 11.6 Å². The summed E-state index contributed by atoms with van der Waals surface area (Å²) in [5, 5.41) is 9.06. The molecule has 0 saturated heterocycles. The number of aryl methyl sites for hydroxylation is 2. The Balaban J connectivity index is 2.22. The summed E-state index contributed by atoms with van der Waals surface area (Å²) in [7, 11) is 0. The lowest BCUT2D eigenvalue weighted by Gasteiger charge is -2.10. The van der Waals surface area contributed by atoms with Crippen molar-refractivity contribution in [1.82, 2.24) is 9.66 Å². The van der Waals surface area contributed by atoms with Crippen LogP contribution in [0.25, 0.3) is 6.08 Å². The molecule has 0 aliphatic rings. The van der Waals surface area contributed by atoms with Crippen molar-refractivity contribution in [3.63, 3.8) is 0 Å². The maximum atomic E-state index is 12.0. The van der Waals surface area contributed by atoms with E-state index in [4.69, 9.17) is 5.26 Å². The Morgan fingerprint density at radius 2 is 2.05 bits per heavy atom. The fraction of sp³-hybridized carbons (Fsp3) is 0.143. The predicted octanol–water partition coefficient (Wildman–Crippen LogP) is 2.11. The van der Waals surface area contributed by atoms with E-state index in [1.165, 1.54) is 6.08 Å². The smallest absolute Gasteiger partial charge is 0.280 e. The standard InChI is InChI=1S/C14H14N4O/c1-10-5-6-11(2)18(10)17-14(19)12(9-15)8-13-4-3-7-16-13/h3-8,16H,1-2H3,(H,17,19)/b12-8-. The number of amides is 1. The number of H-pyrrole nitrogens is 1. The number of nitrogens with one attached hydrogen (secondary N) is 2. The van der Waals surface area contributed by atoms with Crippen molar-refractivity contribution >= 4 is 12.0 Å². The number of rotatable bonds is 3. The molecule has 5 nitrogen and oxygen atoms in total. The lowest BCUT2D eigenvalue weighted by atomic mass is 10.2. The van der Waals surface area contributed by atoms with E-state index < -0.39 is 5.91 Å². The zero-order chi connectivity index (χ0) is 13.8. The highest BCUT2D eigenvalue weighted by atomic mass is 16.2. The third-order valence-corrected chi connectivity index (χ3v) is 2.77. The van der Waals surface area contributed by atoms with Gasteiger partial charge >= 0.3 is 0 Å². The van der Waals surface area contributed by atoms with Crippen LogP contribution in [-0.2, 0) is 4.79 Å². The Bertz CT molecular complexity index is 637. The molecule has 0 bridgehead atoms. The lowest BCUT2D eigenvalue weighted by Crippen LogP contribution is -2.25. The minimum atomic E-state index is -0.431. The number of nitrogens with zero attached hydrogens (tertiary/aromatic N) is 2. The van der Waals surface area contributed by atoms with E-state index >= 15 is 0 Å². The Morgan fingerprint density at radius 3 is 2.58 bits per heavy atom. The highest BCUT2D eigenvalue weighted by Crippen LogP contribution is 2.07. The van der Waals surface area contributed by atoms with Gasteiger partial charge in [-0.15, -0.1) is 0 Å². The number of nitriles is 1. The van der Waals surface area contributed by atoms with Crippen LogP contribution in [0, 0.1) is 25.2 Å². The Hall–Kier alpha value is -2.74. The van der Waals surface area contributed by atoms with Gasteiger partial charge < -0.3 is 4.98 Å². The second-order valence-corrected chi connectivity index (χ2v) is 4.19. The van der Waals surface area contributed by atoms with Gasteiger partial charge in [0.15, 0.2) is 0 Å². The number of aromatic nitrogens is 2. The Labute approximate surface area is 111 Å². The summed E-state index contributed by atoms with van der Waals surface area (Å²) < 4.78 is 1.65. The normalized spacial score (nSPS) is 11.1. The zero-order valence-electron chi connectivity index (χ0n) is 10.8. The van der Waals surface area contributed by atoms with Crippen LogP contribution >= 0.6 is 0 Å². The quantitative estimate of drug-likeness (QED) is 0.650. The molecule has 2 aromatic heterocycles. The summed E-state index contributed by atoms with van der Waals surface area (Å²) in [6, 6.07) is 9.30. The molecule has 0 fully saturated rings. The van der Waals surface area contributed by atoms with Crippen LogP contribution < -0.4 is 5.43 Å². The average Bonchev–Trinajstić information content (AvgIpc) is 3.00. The summed E-state index contributed by atoms with van der Waals surface area (Å²) in [4.78, 5) is 15.0. The van der Waals surface area contributed by atoms with Crippen LogP contribution in [0.4, 0.5) is 0 Å². The number of carbonyl (C=O) groups excluding carboxylic acids is 1. The highest BCUT2D eigenvalue weighted by molar-refractivity contribution is 6.06. The van der Waals surface area contributed by atoms with Crippen LogP contribution in [0.15, 0.2) is 36.0 Å². The fourth-order valence-corrected chi connectivity index (χ4v) is 1.74. The van der Waals surface area contributed by atoms with Crippen LogP contribution in [0.2, 0.25) is 0 Å². The zero-order valence-corrected chi connectivity index (χ0v) is 10.8. The van der Waals surface area contributed by atoms with Crippen LogP contribution in [0.3, 0.4) is 0 Å². The maximum absolute atomic E-state index is 12.0. The molecule has 2 rings (SSSR count). The highest BCUT2D eigenvalue weighted by Gasteiger charge is 2.11. The Kier molecular flexibility index (Phi) is 3.53. The van der Waals surface area contributed by atoms with Gasteiger partial charge in [-0.05, 0) is 44.2 Å². The van der Waals surface area contributed by atoms with Gasteiger partial charge in [-0.2, -0.15) is 5.26 Å². The Morgan fingerprint density at radius 1 is 1.37 bits per heavy atom. The van der Waals surface area contributed by atoms with E-state index in [0.717, 1.165) is 11.4 Å². The largest absolute Gasteiger partial charge is 0.362 e. The minimum absolute atomic E-state index is 0.0509. The molecule has 0 spiro atoms. The summed E-state index contributed by atoms with van der Waals surface area (Å²) in [6.07, 6.45) is 3.25. The van der Waals surface area contributed by atoms with Gasteiger partial charge in [0.05, 0.1) is 0 Å². The molecule has 2 heterocycles. The SMILES string of the molecule is Cc1ccc(C)n1NC(=O)/C(C#N)=C\c1ccc[nH]1. The average molecular weight is 254 g/mol. The van der Waals surface area contributed by atoms with E-state index in [1.807, 2.05) is 32.0 Å². The van der Waals surface area contributed by atoms with Gasteiger partial charge in [0.25, 0.3) is 5.91 Å². The first-order valence-corrected chi connectivity index (χ1v) is 5.83. The third kappa shape index (κ3) is 2.75. The van der Waals surface area contributed by atoms with E-state index in [9.17, 15) is 4.79 Å². The maximum Gasteiger partial charge on any atom is 0.280 e. The minimum Gasteiger partial charge on any atom is -0.362 e. The number of carbonyl (C=O) groups is 1. The second kappa shape index (κ2) is 5.27. The van der Waals surface area contributed by atoms with Crippen molar-refractivity contribution in [3.05, 3.63) is 53.1 Å². The first-order valence-electron chi connectivity index (χ1n) is 5.83. The van der Waals surface area contributed by atoms with Crippen LogP contribution in [0.5, 0.6) is 0 Å². The third-order valence-electron chi connectivity index (χ3n) is 2.77. The van der Waals surface area contributed by atoms with Gasteiger partial charge in [-0.3, -0.25) is 14.9 Å². The molecule has 1 amide bonds. The van der Waals surface area contributed by atoms with Crippen molar-refractivity contribution < 1.29 is 4.79 Å². The molecule has 5 heteroatoms. The van der Waals surface area contributed by atoms with Gasteiger partial charge in [-0.1, -0.05) is 0 Å². The molecule has 0 aromatic carbocycles. The first kappa shape index (κ1) is 12.7. The monoisotopic (exact) mass is 254 g/mol. The summed E-state index contributed by atoms with van der Waals surface area (Å²) in [6.45, 7) is 3.77. The second-order valence-electron chi connectivity index (χ2n) is 4.19. The number of hydrogen-bond donors (Lipinski definition) is 2. The summed E-state index contributed by atoms with van der Waals surface area (Å²) >= 11 is 0. The molecule has 0 aliphatic carbocycles. The van der Waals surface area contributed by atoms with E-state index in [1.54, 1.807) is 23.0 Å². The molecule has 2 aromatic rings. The molecule has 96 valence electrons. The molecule has 19 heavy (non-hydrogen) atoms. The van der Waals surface area contributed by atoms with Crippen LogP contribution in [-0.4, -0.2) is 15.6 Å². The van der Waals surface area contributed by atoms with Crippen molar-refractivity contribution in [1.29, 1.82) is 5.26 Å². The molecule has 0 saturated carbocycles. The van der Waals surface area contributed by atoms with Crippen LogP contribution in [0.1, 0.15) is 17.1 Å². The summed E-state index contributed by atoms with van der Waals surface area (Å²) in [5.74, 6) is -0.431. The van der Waals surface area contributed by atoms with E-state index in [2.05, 4.69) is 10.4 Å². The van der Waals surface area contributed by atoms with E-state index in [-0.39, 0.29) is 5.57 Å². The lowest BCUT2D eigenvalue weighted by molar-refractivity contribution is -0.113. The van der Waals surface area contributed by atoms with Crippen molar-refractivity contribution in [2.45, 2.75) is 13.8 Å². The molecule has 0 atom stereocenters. The molecule has 2 N–H and O–H groups in total.